The average molecular weight is 380 g/mol. The summed E-state index contributed by atoms with van der Waals surface area (Å²) in [4.78, 5) is 16.5. The van der Waals surface area contributed by atoms with Gasteiger partial charge in [-0.25, -0.2) is 18.2 Å². The quantitative estimate of drug-likeness (QED) is 0.756. The number of ether oxygens (including phenoxy) is 1. The molecule has 1 atom stereocenters. The van der Waals surface area contributed by atoms with Gasteiger partial charge in [0.25, 0.3) is 0 Å². The van der Waals surface area contributed by atoms with Crippen LogP contribution in [0.2, 0.25) is 0 Å². The molecule has 1 aromatic heterocycles. The predicted octanol–water partition coefficient (Wildman–Crippen LogP) is 2.68. The Morgan fingerprint density at radius 1 is 1.30 bits per heavy atom. The second-order valence-corrected chi connectivity index (χ2v) is 6.61. The molecule has 0 radical (unpaired) electrons. The first kappa shape index (κ1) is 19.2. The van der Waals surface area contributed by atoms with E-state index in [4.69, 9.17) is 4.74 Å². The topological polar surface area (TPSA) is 71.5 Å². The minimum Gasteiger partial charge on any atom is -0.481 e. The van der Waals surface area contributed by atoms with Crippen LogP contribution >= 0.6 is 0 Å². The first-order chi connectivity index (χ1) is 12.9. The van der Waals surface area contributed by atoms with Crippen LogP contribution in [0.25, 0.3) is 0 Å². The number of halogens is 3. The van der Waals surface area contributed by atoms with Crippen LogP contribution in [0.1, 0.15) is 30.0 Å². The van der Waals surface area contributed by atoms with Crippen molar-refractivity contribution in [2.24, 2.45) is 5.92 Å². The highest BCUT2D eigenvalue weighted by atomic mass is 19.2. The fraction of sp³-hybridized carbons (Fsp3) is 0.368. The minimum absolute atomic E-state index is 0.0147. The summed E-state index contributed by atoms with van der Waals surface area (Å²) in [5, 5.41) is 12.4. The first-order valence-electron chi connectivity index (χ1n) is 8.48. The zero-order valence-electron chi connectivity index (χ0n) is 14.6. The summed E-state index contributed by atoms with van der Waals surface area (Å²) in [5.41, 5.74) is 0.765. The fourth-order valence-electron chi connectivity index (χ4n) is 3.19. The summed E-state index contributed by atoms with van der Waals surface area (Å²) in [5.74, 6) is -4.27. The molecule has 1 amide bonds. The molecular weight excluding hydrogens is 361 g/mol. The lowest BCUT2D eigenvalue weighted by molar-refractivity contribution is -0.122. The predicted molar refractivity (Wildman–Crippen MR) is 90.4 cm³/mol. The Labute approximate surface area is 154 Å². The van der Waals surface area contributed by atoms with E-state index in [1.807, 2.05) is 0 Å². The van der Waals surface area contributed by atoms with Crippen LogP contribution < -0.4 is 10.1 Å². The Kier molecular flexibility index (Phi) is 5.65. The zero-order chi connectivity index (χ0) is 19.6. The maximum absolute atomic E-state index is 13.3. The van der Waals surface area contributed by atoms with Gasteiger partial charge in [0.05, 0.1) is 25.7 Å². The second-order valence-electron chi connectivity index (χ2n) is 6.61. The molecule has 1 saturated carbocycles. The Bertz CT molecular complexity index is 800. The molecule has 0 bridgehead atoms. The standard InChI is InChI=1S/C19H19F3N2O3/c1-27-17-3-2-11(9-23-17)19(12-7-13(25)8-12)24-16(26)6-10-4-14(20)18(22)15(21)5-10/h2-5,9,12-13,19,25H,6-8H2,1H3,(H,24,26). The third kappa shape index (κ3) is 4.39. The van der Waals surface area contributed by atoms with Crippen LogP contribution in [0.4, 0.5) is 13.2 Å². The largest absolute Gasteiger partial charge is 0.481 e. The maximum Gasteiger partial charge on any atom is 0.224 e. The van der Waals surface area contributed by atoms with Crippen LogP contribution in [0.15, 0.2) is 30.5 Å². The molecule has 1 unspecified atom stereocenters. The molecule has 5 nitrogen and oxygen atoms in total. The molecule has 0 aliphatic heterocycles. The second kappa shape index (κ2) is 7.96. The van der Waals surface area contributed by atoms with E-state index in [1.54, 1.807) is 18.3 Å². The normalized spacial score (nSPS) is 19.9. The van der Waals surface area contributed by atoms with Crippen molar-refractivity contribution in [2.75, 3.05) is 7.11 Å². The van der Waals surface area contributed by atoms with Crippen LogP contribution in [0.5, 0.6) is 5.88 Å². The smallest absolute Gasteiger partial charge is 0.224 e. The number of aliphatic hydroxyl groups is 1. The highest BCUT2D eigenvalue weighted by molar-refractivity contribution is 5.79. The van der Waals surface area contributed by atoms with Crippen molar-refractivity contribution < 1.29 is 27.8 Å². The number of amides is 1. The average Bonchev–Trinajstić information content (AvgIpc) is 2.62. The number of hydrogen-bond donors (Lipinski definition) is 2. The Morgan fingerprint density at radius 3 is 2.48 bits per heavy atom. The van der Waals surface area contributed by atoms with Crippen LogP contribution in [-0.2, 0) is 11.2 Å². The van der Waals surface area contributed by atoms with Gasteiger partial charge in [-0.05, 0) is 42.0 Å². The highest BCUT2D eigenvalue weighted by Crippen LogP contribution is 2.38. The van der Waals surface area contributed by atoms with Gasteiger partial charge >= 0.3 is 0 Å². The Hall–Kier alpha value is -2.61. The van der Waals surface area contributed by atoms with E-state index in [-0.39, 0.29) is 17.9 Å². The van der Waals surface area contributed by atoms with Gasteiger partial charge in [0.1, 0.15) is 0 Å². The minimum atomic E-state index is -1.57. The number of nitrogens with one attached hydrogen (secondary N) is 1. The molecule has 0 spiro atoms. The van der Waals surface area contributed by atoms with Crippen molar-refractivity contribution in [3.63, 3.8) is 0 Å². The van der Waals surface area contributed by atoms with Gasteiger partial charge in [0.15, 0.2) is 17.5 Å². The van der Waals surface area contributed by atoms with E-state index in [0.29, 0.717) is 18.7 Å². The summed E-state index contributed by atoms with van der Waals surface area (Å²) in [6.07, 6.45) is 1.91. The van der Waals surface area contributed by atoms with Gasteiger partial charge in [0, 0.05) is 12.3 Å². The van der Waals surface area contributed by atoms with Crippen molar-refractivity contribution in [3.05, 3.63) is 59.0 Å². The number of rotatable bonds is 6. The lowest BCUT2D eigenvalue weighted by Gasteiger charge is -2.38. The number of aliphatic hydroxyl groups excluding tert-OH is 1. The van der Waals surface area contributed by atoms with Gasteiger partial charge in [-0.1, -0.05) is 6.07 Å². The maximum atomic E-state index is 13.3. The zero-order valence-corrected chi connectivity index (χ0v) is 14.6. The molecule has 0 saturated heterocycles. The number of nitrogens with zero attached hydrogens (tertiary/aromatic N) is 1. The van der Waals surface area contributed by atoms with Gasteiger partial charge in [-0.3, -0.25) is 4.79 Å². The Morgan fingerprint density at radius 2 is 1.96 bits per heavy atom. The number of hydrogen-bond acceptors (Lipinski definition) is 4. The van der Waals surface area contributed by atoms with Crippen molar-refractivity contribution in [2.45, 2.75) is 31.4 Å². The van der Waals surface area contributed by atoms with E-state index < -0.39 is 35.5 Å². The molecule has 1 heterocycles. The molecule has 1 fully saturated rings. The van der Waals surface area contributed by atoms with E-state index in [1.165, 1.54) is 7.11 Å². The first-order valence-corrected chi connectivity index (χ1v) is 8.48. The monoisotopic (exact) mass is 380 g/mol. The lowest BCUT2D eigenvalue weighted by Crippen LogP contribution is -2.42. The highest BCUT2D eigenvalue weighted by Gasteiger charge is 2.35. The molecule has 1 aliphatic carbocycles. The molecule has 2 aromatic rings. The van der Waals surface area contributed by atoms with Gasteiger partial charge in [0.2, 0.25) is 11.8 Å². The van der Waals surface area contributed by atoms with E-state index in [2.05, 4.69) is 10.3 Å². The molecule has 3 rings (SSSR count). The van der Waals surface area contributed by atoms with Crippen molar-refractivity contribution in [1.82, 2.24) is 10.3 Å². The summed E-state index contributed by atoms with van der Waals surface area (Å²) in [6.45, 7) is 0. The number of methoxy groups -OCH3 is 1. The van der Waals surface area contributed by atoms with Gasteiger partial charge in [-0.2, -0.15) is 0 Å². The van der Waals surface area contributed by atoms with Gasteiger partial charge in [-0.15, -0.1) is 0 Å². The molecule has 27 heavy (non-hydrogen) atoms. The van der Waals surface area contributed by atoms with Crippen molar-refractivity contribution in [3.8, 4) is 5.88 Å². The summed E-state index contributed by atoms with van der Waals surface area (Å²) in [6, 6.07) is 4.62. The number of aromatic nitrogens is 1. The van der Waals surface area contributed by atoms with Crippen LogP contribution in [-0.4, -0.2) is 29.2 Å². The van der Waals surface area contributed by atoms with Crippen molar-refractivity contribution in [1.29, 1.82) is 0 Å². The van der Waals surface area contributed by atoms with E-state index in [0.717, 1.165) is 17.7 Å². The number of carbonyl (C=O) groups is 1. The number of pyridine rings is 1. The van der Waals surface area contributed by atoms with E-state index in [9.17, 15) is 23.1 Å². The third-order valence-electron chi connectivity index (χ3n) is 4.67. The molecular formula is C19H19F3N2O3. The molecule has 1 aliphatic rings. The Balaban J connectivity index is 1.74. The molecule has 1 aromatic carbocycles. The molecule has 144 valence electrons. The van der Waals surface area contributed by atoms with Crippen LogP contribution in [0, 0.1) is 23.4 Å². The number of carbonyl (C=O) groups excluding carboxylic acids is 1. The fourth-order valence-corrected chi connectivity index (χ4v) is 3.19. The third-order valence-corrected chi connectivity index (χ3v) is 4.67. The van der Waals surface area contributed by atoms with Gasteiger partial charge < -0.3 is 15.2 Å². The number of benzene rings is 1. The van der Waals surface area contributed by atoms with Crippen molar-refractivity contribution >= 4 is 5.91 Å². The lowest BCUT2D eigenvalue weighted by atomic mass is 9.75. The summed E-state index contributed by atoms with van der Waals surface area (Å²) in [7, 11) is 1.49. The summed E-state index contributed by atoms with van der Waals surface area (Å²) >= 11 is 0. The molecule has 8 heteroatoms. The molecule has 2 N–H and O–H groups in total. The van der Waals surface area contributed by atoms with Crippen LogP contribution in [0.3, 0.4) is 0 Å². The summed E-state index contributed by atoms with van der Waals surface area (Å²) < 4.78 is 44.7. The SMILES string of the molecule is COc1ccc(C(NC(=O)Cc2cc(F)c(F)c(F)c2)C2CC(O)C2)cn1. The van der Waals surface area contributed by atoms with E-state index >= 15 is 0 Å².